The van der Waals surface area contributed by atoms with Gasteiger partial charge in [-0.25, -0.2) is 0 Å². The van der Waals surface area contributed by atoms with Crippen LogP contribution in [0.5, 0.6) is 0 Å². The minimum atomic E-state index is 0.707. The third-order valence-electron chi connectivity index (χ3n) is 4.80. The van der Waals surface area contributed by atoms with Gasteiger partial charge in [-0.1, -0.05) is 55.7 Å². The van der Waals surface area contributed by atoms with Gasteiger partial charge in [0.05, 0.1) is 0 Å². The van der Waals surface area contributed by atoms with Crippen LogP contribution in [0.3, 0.4) is 0 Å². The molecule has 21 heavy (non-hydrogen) atoms. The topological polar surface area (TPSA) is 4.41 Å². The van der Waals surface area contributed by atoms with E-state index in [0.29, 0.717) is 5.92 Å². The fraction of sp³-hybridized carbons (Fsp3) is 0.300. The maximum Gasteiger partial charge on any atom is 0.0459 e. The summed E-state index contributed by atoms with van der Waals surface area (Å²) in [6, 6.07) is 19.7. The number of nitrogens with zero attached hydrogens (tertiary/aromatic N) is 1. The van der Waals surface area contributed by atoms with Crippen LogP contribution in [-0.4, -0.2) is 4.40 Å². The summed E-state index contributed by atoms with van der Waals surface area (Å²) in [7, 11) is 0. The molecule has 1 fully saturated rings. The standard InChI is InChI=1S/C20H21N/c1-3-9-16(10-4-1)19-15-18-13-7-8-14-21(18)20(19)17-11-5-2-6-12-17/h1,3-4,7-10,13-15,17H,2,5-6,11-12H2. The first kappa shape index (κ1) is 12.7. The molecule has 1 heteroatoms. The van der Waals surface area contributed by atoms with E-state index in [2.05, 4.69) is 65.2 Å². The Balaban J connectivity index is 1.92. The van der Waals surface area contributed by atoms with Crippen LogP contribution in [0.25, 0.3) is 16.6 Å². The Morgan fingerprint density at radius 1 is 0.810 bits per heavy atom. The third-order valence-corrected chi connectivity index (χ3v) is 4.80. The SMILES string of the molecule is c1ccc(-c2cc3ccccn3c2C2CCCCC2)cc1. The van der Waals surface area contributed by atoms with Crippen LogP contribution in [0.4, 0.5) is 0 Å². The van der Waals surface area contributed by atoms with E-state index in [9.17, 15) is 0 Å². The maximum atomic E-state index is 2.42. The first-order valence-electron chi connectivity index (χ1n) is 8.09. The van der Waals surface area contributed by atoms with Crippen molar-refractivity contribution in [1.29, 1.82) is 0 Å². The summed E-state index contributed by atoms with van der Waals surface area (Å²) in [4.78, 5) is 0. The summed E-state index contributed by atoms with van der Waals surface area (Å²) in [6.07, 6.45) is 9.05. The van der Waals surface area contributed by atoms with Crippen molar-refractivity contribution in [2.75, 3.05) is 0 Å². The van der Waals surface area contributed by atoms with Gasteiger partial charge in [0.25, 0.3) is 0 Å². The molecule has 1 saturated carbocycles. The molecule has 4 rings (SSSR count). The van der Waals surface area contributed by atoms with Gasteiger partial charge in [-0.15, -0.1) is 0 Å². The fourth-order valence-electron chi connectivity index (χ4n) is 3.79. The molecule has 0 unspecified atom stereocenters. The predicted octanol–water partition coefficient (Wildman–Crippen LogP) is 5.65. The normalized spacial score (nSPS) is 16.4. The first-order valence-corrected chi connectivity index (χ1v) is 8.09. The Morgan fingerprint density at radius 2 is 1.57 bits per heavy atom. The minimum absolute atomic E-state index is 0.707. The van der Waals surface area contributed by atoms with Crippen molar-refractivity contribution in [1.82, 2.24) is 4.40 Å². The molecule has 0 bridgehead atoms. The number of hydrogen-bond acceptors (Lipinski definition) is 0. The number of pyridine rings is 1. The van der Waals surface area contributed by atoms with Gasteiger partial charge in [0.1, 0.15) is 0 Å². The summed E-state index contributed by atoms with van der Waals surface area (Å²) in [5.41, 5.74) is 5.61. The zero-order chi connectivity index (χ0) is 14.1. The molecule has 0 saturated heterocycles. The van der Waals surface area contributed by atoms with Gasteiger partial charge in [-0.05, 0) is 36.6 Å². The summed E-state index contributed by atoms with van der Waals surface area (Å²) in [5.74, 6) is 0.707. The highest BCUT2D eigenvalue weighted by Gasteiger charge is 2.22. The quantitative estimate of drug-likeness (QED) is 0.569. The van der Waals surface area contributed by atoms with Crippen LogP contribution in [0.15, 0.2) is 60.8 Å². The van der Waals surface area contributed by atoms with Gasteiger partial charge >= 0.3 is 0 Å². The van der Waals surface area contributed by atoms with Crippen LogP contribution in [-0.2, 0) is 0 Å². The Hall–Kier alpha value is -2.02. The van der Waals surface area contributed by atoms with Crippen molar-refractivity contribution < 1.29 is 0 Å². The predicted molar refractivity (Wildman–Crippen MR) is 88.7 cm³/mol. The van der Waals surface area contributed by atoms with Crippen molar-refractivity contribution in [3.63, 3.8) is 0 Å². The van der Waals surface area contributed by atoms with Crippen molar-refractivity contribution in [2.24, 2.45) is 0 Å². The lowest BCUT2D eigenvalue weighted by atomic mass is 9.84. The van der Waals surface area contributed by atoms with Gasteiger partial charge in [0.2, 0.25) is 0 Å². The second-order valence-electron chi connectivity index (χ2n) is 6.14. The monoisotopic (exact) mass is 275 g/mol. The van der Waals surface area contributed by atoms with Gasteiger partial charge in [0.15, 0.2) is 0 Å². The van der Waals surface area contributed by atoms with Crippen molar-refractivity contribution in [3.8, 4) is 11.1 Å². The summed E-state index contributed by atoms with van der Waals surface area (Å²) < 4.78 is 2.42. The second-order valence-corrected chi connectivity index (χ2v) is 6.14. The largest absolute Gasteiger partial charge is 0.320 e. The highest BCUT2D eigenvalue weighted by atomic mass is 14.9. The zero-order valence-electron chi connectivity index (χ0n) is 12.3. The average molecular weight is 275 g/mol. The molecule has 0 spiro atoms. The molecule has 106 valence electrons. The Labute approximate surface area is 126 Å². The molecule has 2 heterocycles. The van der Waals surface area contributed by atoms with Gasteiger partial charge < -0.3 is 4.40 Å². The van der Waals surface area contributed by atoms with E-state index < -0.39 is 0 Å². The lowest BCUT2D eigenvalue weighted by Crippen LogP contribution is -2.08. The number of fused-ring (bicyclic) bond motifs is 1. The molecule has 1 aliphatic carbocycles. The van der Waals surface area contributed by atoms with Crippen LogP contribution >= 0.6 is 0 Å². The molecular formula is C20H21N. The lowest BCUT2D eigenvalue weighted by Gasteiger charge is -2.23. The molecule has 0 atom stereocenters. The summed E-state index contributed by atoms with van der Waals surface area (Å²) >= 11 is 0. The van der Waals surface area contributed by atoms with Crippen molar-refractivity contribution >= 4 is 5.52 Å². The molecule has 0 amide bonds. The van der Waals surface area contributed by atoms with Crippen molar-refractivity contribution in [2.45, 2.75) is 38.0 Å². The van der Waals surface area contributed by atoms with Crippen molar-refractivity contribution in [3.05, 3.63) is 66.5 Å². The molecule has 0 N–H and O–H groups in total. The first-order chi connectivity index (χ1) is 10.4. The molecule has 0 radical (unpaired) electrons. The van der Waals surface area contributed by atoms with E-state index in [0.717, 1.165) is 0 Å². The fourth-order valence-corrected chi connectivity index (χ4v) is 3.79. The van der Waals surface area contributed by atoms with E-state index in [-0.39, 0.29) is 0 Å². The molecular weight excluding hydrogens is 254 g/mol. The Morgan fingerprint density at radius 3 is 2.38 bits per heavy atom. The number of hydrogen-bond donors (Lipinski definition) is 0. The average Bonchev–Trinajstić information content (AvgIpc) is 2.96. The van der Waals surface area contributed by atoms with Crippen LogP contribution in [0.2, 0.25) is 0 Å². The highest BCUT2D eigenvalue weighted by molar-refractivity contribution is 5.74. The van der Waals surface area contributed by atoms with Gasteiger partial charge in [0, 0.05) is 28.9 Å². The third kappa shape index (κ3) is 2.27. The maximum absolute atomic E-state index is 2.42. The summed E-state index contributed by atoms with van der Waals surface area (Å²) in [5, 5.41) is 0. The minimum Gasteiger partial charge on any atom is -0.320 e. The van der Waals surface area contributed by atoms with E-state index in [4.69, 9.17) is 0 Å². The van der Waals surface area contributed by atoms with E-state index >= 15 is 0 Å². The number of rotatable bonds is 2. The molecule has 1 aromatic carbocycles. The van der Waals surface area contributed by atoms with Gasteiger partial charge in [-0.2, -0.15) is 0 Å². The van der Waals surface area contributed by atoms with Crippen LogP contribution < -0.4 is 0 Å². The molecule has 1 nitrogen and oxygen atoms in total. The van der Waals surface area contributed by atoms with Crippen LogP contribution in [0, 0.1) is 0 Å². The second kappa shape index (κ2) is 5.40. The number of aromatic nitrogens is 1. The Kier molecular flexibility index (Phi) is 3.27. The van der Waals surface area contributed by atoms with Gasteiger partial charge in [-0.3, -0.25) is 0 Å². The molecule has 3 aromatic rings. The molecule has 2 aromatic heterocycles. The lowest BCUT2D eigenvalue weighted by molar-refractivity contribution is 0.436. The highest BCUT2D eigenvalue weighted by Crippen LogP contribution is 2.39. The Bertz CT molecular complexity index is 733. The van der Waals surface area contributed by atoms with E-state index in [1.54, 1.807) is 0 Å². The number of benzene rings is 1. The molecule has 0 aliphatic heterocycles. The smallest absolute Gasteiger partial charge is 0.0459 e. The zero-order valence-corrected chi connectivity index (χ0v) is 12.3. The summed E-state index contributed by atoms with van der Waals surface area (Å²) in [6.45, 7) is 0. The molecule has 1 aliphatic rings. The van der Waals surface area contributed by atoms with E-state index in [1.807, 2.05) is 0 Å². The van der Waals surface area contributed by atoms with E-state index in [1.165, 1.54) is 54.4 Å². The van der Waals surface area contributed by atoms with Crippen LogP contribution in [0.1, 0.15) is 43.7 Å².